The highest BCUT2D eigenvalue weighted by Gasteiger charge is 2.03. The van der Waals surface area contributed by atoms with Crippen molar-refractivity contribution in [2.75, 3.05) is 11.9 Å². The lowest BCUT2D eigenvalue weighted by molar-refractivity contribution is -0.117. The average molecular weight is 308 g/mol. The number of nitrogens with one attached hydrogen (secondary N) is 2. The van der Waals surface area contributed by atoms with Gasteiger partial charge in [0.05, 0.1) is 6.42 Å². The molecule has 1 amide bonds. The average Bonchev–Trinajstić information content (AvgIpc) is 2.53. The van der Waals surface area contributed by atoms with Crippen LogP contribution < -0.4 is 16.8 Å². The predicted molar refractivity (Wildman–Crippen MR) is 94.3 cm³/mol. The number of primary amides is 1. The number of amidine groups is 1. The summed E-state index contributed by atoms with van der Waals surface area (Å²) >= 11 is 0. The molecule has 2 rings (SSSR count). The molecule has 0 fully saturated rings. The molecule has 2 aromatic carbocycles. The van der Waals surface area contributed by atoms with Gasteiger partial charge in [0.15, 0.2) is 0 Å². The van der Waals surface area contributed by atoms with Gasteiger partial charge in [0.1, 0.15) is 5.84 Å². The van der Waals surface area contributed by atoms with Gasteiger partial charge in [-0.15, -0.1) is 0 Å². The number of hydrogen-bond acceptors (Lipinski definition) is 3. The van der Waals surface area contributed by atoms with Gasteiger partial charge in [-0.05, 0) is 23.3 Å². The Kier molecular flexibility index (Phi) is 5.52. The highest BCUT2D eigenvalue weighted by Crippen LogP contribution is 2.15. The first-order valence-corrected chi connectivity index (χ1v) is 7.27. The van der Waals surface area contributed by atoms with E-state index < -0.39 is 0 Å². The van der Waals surface area contributed by atoms with Crippen molar-refractivity contribution in [2.45, 2.75) is 6.42 Å². The van der Waals surface area contributed by atoms with E-state index in [1.807, 2.05) is 54.6 Å². The summed E-state index contributed by atoms with van der Waals surface area (Å²) in [5.41, 5.74) is 14.2. The lowest BCUT2D eigenvalue weighted by Gasteiger charge is -2.09. The second-order valence-corrected chi connectivity index (χ2v) is 5.12. The number of nitrogen functional groups attached to an aromatic ring is 1. The van der Waals surface area contributed by atoms with Gasteiger partial charge in [-0.2, -0.15) is 0 Å². The van der Waals surface area contributed by atoms with Crippen LogP contribution in [0.3, 0.4) is 0 Å². The quantitative estimate of drug-likeness (QED) is 0.465. The largest absolute Gasteiger partial charge is 0.384 e. The number of carbonyl (C=O) groups excluding carboxylic acids is 1. The number of carbonyl (C=O) groups is 1. The Bertz CT molecular complexity index is 737. The zero-order valence-electron chi connectivity index (χ0n) is 12.8. The molecule has 0 bridgehead atoms. The molecule has 0 saturated carbocycles. The normalized spacial score (nSPS) is 10.6. The monoisotopic (exact) mass is 308 g/mol. The fraction of sp³-hybridized carbons (Fsp3) is 0.111. The van der Waals surface area contributed by atoms with E-state index in [1.165, 1.54) is 0 Å². The van der Waals surface area contributed by atoms with Gasteiger partial charge >= 0.3 is 0 Å². The molecule has 2 aromatic rings. The van der Waals surface area contributed by atoms with Crippen LogP contribution in [0.5, 0.6) is 0 Å². The standard InChI is InChI=1S/C18H20N4O/c19-17(23)12-14-7-1-2-9-16(14)22-10-4-6-13-5-3-8-15(11-13)18(20)21/h1-9,11,22H,10,12H2,(H2,19,23)(H3,20,21). The molecule has 0 radical (unpaired) electrons. The fourth-order valence-electron chi connectivity index (χ4n) is 2.21. The van der Waals surface area contributed by atoms with Crippen LogP contribution in [-0.4, -0.2) is 18.3 Å². The van der Waals surface area contributed by atoms with Crippen LogP contribution >= 0.6 is 0 Å². The maximum Gasteiger partial charge on any atom is 0.221 e. The summed E-state index contributed by atoms with van der Waals surface area (Å²) in [6, 6.07) is 15.1. The van der Waals surface area contributed by atoms with Gasteiger partial charge in [0.2, 0.25) is 5.91 Å². The van der Waals surface area contributed by atoms with Crippen molar-refractivity contribution in [1.82, 2.24) is 0 Å². The smallest absolute Gasteiger partial charge is 0.221 e. The van der Waals surface area contributed by atoms with Crippen molar-refractivity contribution in [1.29, 1.82) is 5.41 Å². The fourth-order valence-corrected chi connectivity index (χ4v) is 2.21. The molecule has 0 aliphatic rings. The van der Waals surface area contributed by atoms with Crippen LogP contribution in [0.2, 0.25) is 0 Å². The van der Waals surface area contributed by atoms with Crippen molar-refractivity contribution in [3.63, 3.8) is 0 Å². The van der Waals surface area contributed by atoms with Gasteiger partial charge in [-0.25, -0.2) is 0 Å². The second kappa shape index (κ2) is 7.79. The molecule has 0 heterocycles. The summed E-state index contributed by atoms with van der Waals surface area (Å²) in [6.07, 6.45) is 4.14. The molecule has 5 nitrogen and oxygen atoms in total. The summed E-state index contributed by atoms with van der Waals surface area (Å²) in [5, 5.41) is 10.7. The Morgan fingerprint density at radius 3 is 2.65 bits per heavy atom. The Balaban J connectivity index is 1.98. The number of amides is 1. The molecule has 0 aliphatic carbocycles. The zero-order chi connectivity index (χ0) is 16.7. The predicted octanol–water partition coefficient (Wildman–Crippen LogP) is 2.12. The third kappa shape index (κ3) is 5.00. The Morgan fingerprint density at radius 2 is 1.91 bits per heavy atom. The van der Waals surface area contributed by atoms with Gasteiger partial charge in [0.25, 0.3) is 0 Å². The van der Waals surface area contributed by atoms with Crippen molar-refractivity contribution in [3.8, 4) is 0 Å². The summed E-state index contributed by atoms with van der Waals surface area (Å²) < 4.78 is 0. The molecule has 0 spiro atoms. The van der Waals surface area contributed by atoms with Crippen molar-refractivity contribution in [2.24, 2.45) is 11.5 Å². The van der Waals surface area contributed by atoms with Gasteiger partial charge in [-0.1, -0.05) is 48.6 Å². The summed E-state index contributed by atoms with van der Waals surface area (Å²) in [4.78, 5) is 11.1. The maximum absolute atomic E-state index is 11.1. The molecule has 23 heavy (non-hydrogen) atoms. The number of hydrogen-bond donors (Lipinski definition) is 4. The SMILES string of the molecule is N=C(N)c1cccc(C=CCNc2ccccc2CC(N)=O)c1. The van der Waals surface area contributed by atoms with Crippen LogP contribution in [0.15, 0.2) is 54.6 Å². The van der Waals surface area contributed by atoms with E-state index in [0.717, 1.165) is 16.8 Å². The van der Waals surface area contributed by atoms with Gasteiger partial charge < -0.3 is 16.8 Å². The number of benzene rings is 2. The van der Waals surface area contributed by atoms with E-state index in [9.17, 15) is 4.79 Å². The minimum atomic E-state index is -0.351. The van der Waals surface area contributed by atoms with Crippen LogP contribution in [-0.2, 0) is 11.2 Å². The maximum atomic E-state index is 11.1. The topological polar surface area (TPSA) is 105 Å². The first-order chi connectivity index (χ1) is 11.1. The van der Waals surface area contributed by atoms with E-state index in [1.54, 1.807) is 6.07 Å². The molecule has 0 atom stereocenters. The van der Waals surface area contributed by atoms with E-state index >= 15 is 0 Å². The number of para-hydroxylation sites is 1. The molecule has 0 saturated heterocycles. The number of anilines is 1. The molecule has 0 unspecified atom stereocenters. The molecule has 5 heteroatoms. The second-order valence-electron chi connectivity index (χ2n) is 5.12. The van der Waals surface area contributed by atoms with E-state index in [2.05, 4.69) is 5.32 Å². The van der Waals surface area contributed by atoms with Crippen molar-refractivity contribution >= 4 is 23.5 Å². The highest BCUT2D eigenvalue weighted by molar-refractivity contribution is 5.95. The third-order valence-corrected chi connectivity index (χ3v) is 3.30. The lowest BCUT2D eigenvalue weighted by atomic mass is 10.1. The Labute approximate surface area is 135 Å². The molecule has 118 valence electrons. The van der Waals surface area contributed by atoms with Gasteiger partial charge in [-0.3, -0.25) is 10.2 Å². The van der Waals surface area contributed by atoms with E-state index in [0.29, 0.717) is 12.1 Å². The van der Waals surface area contributed by atoms with Crippen LogP contribution in [0.1, 0.15) is 16.7 Å². The van der Waals surface area contributed by atoms with Crippen molar-refractivity contribution < 1.29 is 4.79 Å². The Hall–Kier alpha value is -3.08. The zero-order valence-corrected chi connectivity index (χ0v) is 12.8. The minimum Gasteiger partial charge on any atom is -0.384 e. The van der Waals surface area contributed by atoms with Crippen molar-refractivity contribution in [3.05, 3.63) is 71.3 Å². The number of rotatable bonds is 7. The highest BCUT2D eigenvalue weighted by atomic mass is 16.1. The summed E-state index contributed by atoms with van der Waals surface area (Å²) in [6.45, 7) is 0.611. The third-order valence-electron chi connectivity index (χ3n) is 3.30. The first kappa shape index (κ1) is 16.3. The van der Waals surface area contributed by atoms with E-state index in [4.69, 9.17) is 16.9 Å². The molecular formula is C18H20N4O. The Morgan fingerprint density at radius 1 is 1.13 bits per heavy atom. The number of nitrogens with two attached hydrogens (primary N) is 2. The van der Waals surface area contributed by atoms with Crippen LogP contribution in [0, 0.1) is 5.41 Å². The van der Waals surface area contributed by atoms with Gasteiger partial charge in [0, 0.05) is 17.8 Å². The first-order valence-electron chi connectivity index (χ1n) is 7.27. The van der Waals surface area contributed by atoms with Crippen LogP contribution in [0.25, 0.3) is 6.08 Å². The minimum absolute atomic E-state index is 0.0544. The summed E-state index contributed by atoms with van der Waals surface area (Å²) in [7, 11) is 0. The molecule has 0 aliphatic heterocycles. The molecule has 6 N–H and O–H groups in total. The van der Waals surface area contributed by atoms with E-state index in [-0.39, 0.29) is 18.2 Å². The molecule has 0 aromatic heterocycles. The van der Waals surface area contributed by atoms with Crippen LogP contribution in [0.4, 0.5) is 5.69 Å². The lowest BCUT2D eigenvalue weighted by Crippen LogP contribution is -2.15. The summed E-state index contributed by atoms with van der Waals surface area (Å²) in [5.74, 6) is -0.297. The molecular weight excluding hydrogens is 288 g/mol.